The third kappa shape index (κ3) is 5.66. The van der Waals surface area contributed by atoms with Gasteiger partial charge in [0.15, 0.2) is 0 Å². The van der Waals surface area contributed by atoms with Crippen molar-refractivity contribution in [1.82, 2.24) is 4.57 Å². The first-order valence-corrected chi connectivity index (χ1v) is 19.9. The topological polar surface area (TPSA) is 8.17 Å². The lowest BCUT2D eigenvalue weighted by Crippen LogP contribution is -2.11. The van der Waals surface area contributed by atoms with Crippen LogP contribution in [0.1, 0.15) is 0 Å². The van der Waals surface area contributed by atoms with Crippen LogP contribution in [0.3, 0.4) is 0 Å². The van der Waals surface area contributed by atoms with Crippen LogP contribution < -0.4 is 4.90 Å². The predicted octanol–water partition coefficient (Wildman–Crippen LogP) is 15.6. The molecule has 1 aromatic heterocycles. The van der Waals surface area contributed by atoms with E-state index in [1.54, 1.807) is 0 Å². The maximum atomic E-state index is 2.47. The minimum absolute atomic E-state index is 1.08. The van der Waals surface area contributed by atoms with Gasteiger partial charge in [-0.1, -0.05) is 188 Å². The molecule has 1 heterocycles. The lowest BCUT2D eigenvalue weighted by atomic mass is 9.93. The number of hydrogen-bond donors (Lipinski definition) is 0. The Morgan fingerprint density at radius 3 is 1.59 bits per heavy atom. The molecule has 2 heteroatoms. The van der Waals surface area contributed by atoms with E-state index in [4.69, 9.17) is 0 Å². The molecule has 0 N–H and O–H groups in total. The zero-order valence-electron chi connectivity index (χ0n) is 31.8. The van der Waals surface area contributed by atoms with Crippen molar-refractivity contribution in [3.05, 3.63) is 231 Å². The molecule has 0 aliphatic heterocycles. The zero-order valence-corrected chi connectivity index (χ0v) is 31.8. The van der Waals surface area contributed by atoms with E-state index >= 15 is 0 Å². The largest absolute Gasteiger partial charge is 0.310 e. The van der Waals surface area contributed by atoms with Gasteiger partial charge in [-0.2, -0.15) is 0 Å². The molecule has 11 aromatic rings. The summed E-state index contributed by atoms with van der Waals surface area (Å²) in [4.78, 5) is 2.45. The Morgan fingerprint density at radius 1 is 0.293 bits per heavy atom. The van der Waals surface area contributed by atoms with E-state index in [-0.39, 0.29) is 0 Å². The van der Waals surface area contributed by atoms with Gasteiger partial charge in [-0.05, 0) is 86.3 Å². The van der Waals surface area contributed by atoms with Gasteiger partial charge in [0.25, 0.3) is 0 Å². The number of aromatic nitrogens is 1. The third-order valence-corrected chi connectivity index (χ3v) is 11.6. The first-order chi connectivity index (χ1) is 28.8. The summed E-state index contributed by atoms with van der Waals surface area (Å²) < 4.78 is 2.47. The smallest absolute Gasteiger partial charge is 0.0562 e. The summed E-state index contributed by atoms with van der Waals surface area (Å²) >= 11 is 0. The van der Waals surface area contributed by atoms with E-state index in [1.807, 2.05) is 0 Å². The quantitative estimate of drug-likeness (QED) is 0.158. The molecule has 0 atom stereocenters. The second-order valence-electron chi connectivity index (χ2n) is 14.9. The molecule has 2 nitrogen and oxygen atoms in total. The molecule has 0 radical (unpaired) electrons. The highest BCUT2D eigenvalue weighted by atomic mass is 15.1. The van der Waals surface area contributed by atoms with Crippen LogP contribution >= 0.6 is 0 Å². The fraction of sp³-hybridized carbons (Fsp3) is 0. The van der Waals surface area contributed by atoms with Gasteiger partial charge in [0, 0.05) is 33.3 Å². The normalized spacial score (nSPS) is 11.4. The molecular weight excluding hydrogens is 701 g/mol. The van der Waals surface area contributed by atoms with Crippen molar-refractivity contribution in [1.29, 1.82) is 0 Å². The van der Waals surface area contributed by atoms with E-state index < -0.39 is 0 Å². The Hall–Kier alpha value is -7.68. The molecule has 0 fully saturated rings. The van der Waals surface area contributed by atoms with Crippen molar-refractivity contribution < 1.29 is 0 Å². The Morgan fingerprint density at radius 2 is 0.845 bits per heavy atom. The predicted molar refractivity (Wildman–Crippen MR) is 247 cm³/mol. The maximum absolute atomic E-state index is 2.47. The van der Waals surface area contributed by atoms with E-state index in [0.29, 0.717) is 0 Å². The minimum atomic E-state index is 1.08. The van der Waals surface area contributed by atoms with E-state index in [0.717, 1.165) is 28.3 Å². The van der Waals surface area contributed by atoms with Crippen LogP contribution in [0.15, 0.2) is 231 Å². The monoisotopic (exact) mass is 738 g/mol. The summed E-state index contributed by atoms with van der Waals surface area (Å²) in [6.45, 7) is 0. The molecule has 0 saturated carbocycles. The van der Waals surface area contributed by atoms with Gasteiger partial charge < -0.3 is 9.47 Å². The van der Waals surface area contributed by atoms with Crippen molar-refractivity contribution in [2.24, 2.45) is 0 Å². The third-order valence-electron chi connectivity index (χ3n) is 11.6. The van der Waals surface area contributed by atoms with Gasteiger partial charge in [-0.3, -0.25) is 0 Å². The van der Waals surface area contributed by atoms with Crippen molar-refractivity contribution in [3.8, 4) is 39.1 Å². The second-order valence-corrected chi connectivity index (χ2v) is 14.9. The van der Waals surface area contributed by atoms with Gasteiger partial charge in [0.1, 0.15) is 0 Å². The number of hydrogen-bond acceptors (Lipinski definition) is 1. The highest BCUT2D eigenvalue weighted by Gasteiger charge is 2.22. The molecule has 0 aliphatic rings. The van der Waals surface area contributed by atoms with E-state index in [2.05, 4.69) is 240 Å². The van der Waals surface area contributed by atoms with Gasteiger partial charge >= 0.3 is 0 Å². The first-order valence-electron chi connectivity index (χ1n) is 19.9. The molecular formula is C56H38N2. The maximum Gasteiger partial charge on any atom is 0.0562 e. The molecule has 0 unspecified atom stereocenters. The molecule has 0 bridgehead atoms. The second kappa shape index (κ2) is 14.1. The number of para-hydroxylation sites is 3. The SMILES string of the molecule is c1ccc(-c2ccc(-c3cccc4ccccc34)c(N(c3ccccc3)c3ccc4c5ccccc5n(-c5ccccc5-c5cccc6ccccc56)c4c3)c2)cc1. The lowest BCUT2D eigenvalue weighted by Gasteiger charge is -2.29. The highest BCUT2D eigenvalue weighted by Crippen LogP contribution is 2.46. The summed E-state index contributed by atoms with van der Waals surface area (Å²) in [7, 11) is 0. The summed E-state index contributed by atoms with van der Waals surface area (Å²) in [5, 5.41) is 7.37. The van der Waals surface area contributed by atoms with Gasteiger partial charge in [-0.15, -0.1) is 0 Å². The first kappa shape index (κ1) is 33.6. The standard InChI is InChI=1S/C56H38N2/c1-3-17-39(18-4-1)42-33-35-51(48-30-16-22-41-20-8-10-26-46(41)48)55(37-42)57(43-23-5-2-6-24-43)44-34-36-52-50-28-12-14-32-54(50)58(56(52)38-44)53-31-13-11-27-49(53)47-29-15-21-40-19-7-9-25-45(40)47/h1-38H. The van der Waals surface area contributed by atoms with Crippen LogP contribution in [0.5, 0.6) is 0 Å². The van der Waals surface area contributed by atoms with Crippen molar-refractivity contribution in [3.63, 3.8) is 0 Å². The molecule has 272 valence electrons. The molecule has 0 spiro atoms. The Labute approximate surface area is 338 Å². The summed E-state index contributed by atoms with van der Waals surface area (Å²) in [5.41, 5.74) is 13.9. The van der Waals surface area contributed by atoms with Gasteiger partial charge in [0.2, 0.25) is 0 Å². The number of nitrogens with zero attached hydrogens (tertiary/aromatic N) is 2. The van der Waals surface area contributed by atoms with Gasteiger partial charge in [-0.25, -0.2) is 0 Å². The minimum Gasteiger partial charge on any atom is -0.310 e. The van der Waals surface area contributed by atoms with Crippen LogP contribution in [-0.4, -0.2) is 4.57 Å². The molecule has 0 saturated heterocycles. The zero-order chi connectivity index (χ0) is 38.4. The Kier molecular flexibility index (Phi) is 8.19. The van der Waals surface area contributed by atoms with Crippen molar-refractivity contribution in [2.45, 2.75) is 0 Å². The molecule has 10 aromatic carbocycles. The molecule has 0 amide bonds. The summed E-state index contributed by atoms with van der Waals surface area (Å²) in [5.74, 6) is 0. The number of benzene rings is 10. The fourth-order valence-corrected chi connectivity index (χ4v) is 8.93. The van der Waals surface area contributed by atoms with Crippen LogP contribution in [0, 0.1) is 0 Å². The van der Waals surface area contributed by atoms with Crippen LogP contribution in [0.25, 0.3) is 82.4 Å². The molecule has 0 aliphatic carbocycles. The van der Waals surface area contributed by atoms with Crippen molar-refractivity contribution in [2.75, 3.05) is 4.90 Å². The average molecular weight is 739 g/mol. The van der Waals surface area contributed by atoms with Crippen LogP contribution in [-0.2, 0) is 0 Å². The number of fused-ring (bicyclic) bond motifs is 5. The molecule has 11 rings (SSSR count). The number of rotatable bonds is 7. The van der Waals surface area contributed by atoms with Crippen LogP contribution in [0.2, 0.25) is 0 Å². The Balaban J connectivity index is 1.20. The van der Waals surface area contributed by atoms with Gasteiger partial charge in [0.05, 0.1) is 22.4 Å². The summed E-state index contributed by atoms with van der Waals surface area (Å²) in [6.07, 6.45) is 0. The average Bonchev–Trinajstić information content (AvgIpc) is 3.63. The number of anilines is 3. The molecule has 58 heavy (non-hydrogen) atoms. The summed E-state index contributed by atoms with van der Waals surface area (Å²) in [6, 6.07) is 83.8. The van der Waals surface area contributed by atoms with E-state index in [9.17, 15) is 0 Å². The van der Waals surface area contributed by atoms with E-state index in [1.165, 1.54) is 71.2 Å². The Bertz CT molecular complexity index is 3280. The van der Waals surface area contributed by atoms with Crippen molar-refractivity contribution >= 4 is 60.4 Å². The highest BCUT2D eigenvalue weighted by molar-refractivity contribution is 6.12. The lowest BCUT2D eigenvalue weighted by molar-refractivity contribution is 1.18. The van der Waals surface area contributed by atoms with Crippen LogP contribution in [0.4, 0.5) is 17.1 Å². The fourth-order valence-electron chi connectivity index (χ4n) is 8.93.